The first-order valence-corrected chi connectivity index (χ1v) is 7.35. The molecule has 0 atom stereocenters. The Bertz CT molecular complexity index is 545. The second-order valence-corrected chi connectivity index (χ2v) is 5.82. The van der Waals surface area contributed by atoms with Crippen molar-refractivity contribution in [3.63, 3.8) is 0 Å². The first-order valence-electron chi connectivity index (χ1n) is 7.35. The molecule has 2 rings (SSSR count). The van der Waals surface area contributed by atoms with E-state index < -0.39 is 5.97 Å². The molecular formula is C16H22N2O3. The lowest BCUT2D eigenvalue weighted by Crippen LogP contribution is -2.43. The molecule has 1 aliphatic carbocycles. The molecule has 1 saturated carbocycles. The quantitative estimate of drug-likeness (QED) is 0.777. The van der Waals surface area contributed by atoms with Crippen LogP contribution in [0.25, 0.3) is 0 Å². The molecule has 0 saturated heterocycles. The van der Waals surface area contributed by atoms with Gasteiger partial charge in [0, 0.05) is 6.54 Å². The highest BCUT2D eigenvalue weighted by molar-refractivity contribution is 6.01. The van der Waals surface area contributed by atoms with Gasteiger partial charge in [-0.2, -0.15) is 0 Å². The normalized spacial score (nSPS) is 15.9. The molecule has 0 unspecified atom stereocenters. The molecule has 1 aromatic rings. The van der Waals surface area contributed by atoms with Crippen LogP contribution in [-0.2, 0) is 0 Å². The molecule has 5 nitrogen and oxygen atoms in total. The Labute approximate surface area is 124 Å². The number of aryl methyl sites for hydroxylation is 1. The molecule has 1 aliphatic rings. The van der Waals surface area contributed by atoms with Crippen molar-refractivity contribution in [2.75, 3.05) is 11.9 Å². The van der Waals surface area contributed by atoms with Gasteiger partial charge in [0.1, 0.15) is 0 Å². The third-order valence-corrected chi connectivity index (χ3v) is 4.52. The fraction of sp³-hybridized carbons (Fsp3) is 0.500. The van der Waals surface area contributed by atoms with E-state index in [9.17, 15) is 14.7 Å². The zero-order valence-electron chi connectivity index (χ0n) is 12.5. The van der Waals surface area contributed by atoms with Gasteiger partial charge in [-0.1, -0.05) is 25.5 Å². The lowest BCUT2D eigenvalue weighted by atomic mass is 9.67. The number of hydrogen-bond donors (Lipinski definition) is 3. The second-order valence-electron chi connectivity index (χ2n) is 5.82. The maximum absolute atomic E-state index is 12.0. The molecule has 1 aromatic carbocycles. The SMILES string of the molecule is CCC1(CNC(=O)Nc2cccc(C)c2C(=O)O)CCC1. The number of hydrogen-bond acceptors (Lipinski definition) is 2. The molecule has 0 heterocycles. The summed E-state index contributed by atoms with van der Waals surface area (Å²) >= 11 is 0. The number of anilines is 1. The summed E-state index contributed by atoms with van der Waals surface area (Å²) in [4.78, 5) is 23.3. The van der Waals surface area contributed by atoms with Crippen LogP contribution < -0.4 is 10.6 Å². The molecule has 0 aromatic heterocycles. The number of carbonyl (C=O) groups is 2. The highest BCUT2D eigenvalue weighted by atomic mass is 16.4. The predicted molar refractivity (Wildman–Crippen MR) is 81.7 cm³/mol. The maximum Gasteiger partial charge on any atom is 0.338 e. The number of urea groups is 1. The summed E-state index contributed by atoms with van der Waals surface area (Å²) in [6.07, 6.45) is 4.57. The first-order chi connectivity index (χ1) is 9.97. The smallest absolute Gasteiger partial charge is 0.338 e. The van der Waals surface area contributed by atoms with Crippen molar-refractivity contribution in [1.29, 1.82) is 0 Å². The van der Waals surface area contributed by atoms with Crippen molar-refractivity contribution >= 4 is 17.7 Å². The van der Waals surface area contributed by atoms with Crippen LogP contribution in [0.3, 0.4) is 0 Å². The number of nitrogens with one attached hydrogen (secondary N) is 2. The maximum atomic E-state index is 12.0. The van der Waals surface area contributed by atoms with Crippen molar-refractivity contribution in [2.24, 2.45) is 5.41 Å². The van der Waals surface area contributed by atoms with E-state index in [-0.39, 0.29) is 17.0 Å². The van der Waals surface area contributed by atoms with E-state index in [1.807, 2.05) is 0 Å². The number of carboxylic acids is 1. The van der Waals surface area contributed by atoms with Gasteiger partial charge in [0.05, 0.1) is 11.3 Å². The summed E-state index contributed by atoms with van der Waals surface area (Å²) in [5.74, 6) is -1.03. The molecule has 2 amide bonds. The Hall–Kier alpha value is -2.04. The number of carboxylic acid groups (broad SMARTS) is 1. The fourth-order valence-electron chi connectivity index (χ4n) is 2.82. The van der Waals surface area contributed by atoms with Gasteiger partial charge in [-0.05, 0) is 43.2 Å². The number of carbonyl (C=O) groups excluding carboxylic acids is 1. The zero-order valence-corrected chi connectivity index (χ0v) is 12.5. The lowest BCUT2D eigenvalue weighted by Gasteiger charge is -2.41. The third kappa shape index (κ3) is 3.35. The van der Waals surface area contributed by atoms with E-state index in [4.69, 9.17) is 0 Å². The third-order valence-electron chi connectivity index (χ3n) is 4.52. The van der Waals surface area contributed by atoms with Crippen LogP contribution in [0.2, 0.25) is 0 Å². The molecule has 1 fully saturated rings. The van der Waals surface area contributed by atoms with E-state index >= 15 is 0 Å². The Kier molecular flexibility index (Phi) is 4.50. The average molecular weight is 290 g/mol. The molecule has 3 N–H and O–H groups in total. The Morgan fingerprint density at radius 3 is 2.57 bits per heavy atom. The van der Waals surface area contributed by atoms with Crippen molar-refractivity contribution in [3.8, 4) is 0 Å². The van der Waals surface area contributed by atoms with Gasteiger partial charge < -0.3 is 15.7 Å². The Balaban J connectivity index is 2.00. The van der Waals surface area contributed by atoms with E-state index in [1.165, 1.54) is 6.42 Å². The minimum absolute atomic E-state index is 0.140. The van der Waals surface area contributed by atoms with E-state index in [2.05, 4.69) is 17.6 Å². The van der Waals surface area contributed by atoms with Gasteiger partial charge >= 0.3 is 12.0 Å². The number of rotatable bonds is 5. The van der Waals surface area contributed by atoms with E-state index in [0.717, 1.165) is 19.3 Å². The molecule has 5 heteroatoms. The molecule has 0 bridgehead atoms. The van der Waals surface area contributed by atoms with E-state index in [1.54, 1.807) is 25.1 Å². The van der Waals surface area contributed by atoms with Crippen molar-refractivity contribution in [1.82, 2.24) is 5.32 Å². The van der Waals surface area contributed by atoms with Crippen LogP contribution in [0.4, 0.5) is 10.5 Å². The fourth-order valence-corrected chi connectivity index (χ4v) is 2.82. The predicted octanol–water partition coefficient (Wildman–Crippen LogP) is 3.40. The molecular weight excluding hydrogens is 268 g/mol. The molecule has 0 radical (unpaired) electrons. The molecule has 114 valence electrons. The van der Waals surface area contributed by atoms with Gasteiger partial charge in [0.25, 0.3) is 0 Å². The molecule has 0 spiro atoms. The van der Waals surface area contributed by atoms with Gasteiger partial charge in [-0.25, -0.2) is 9.59 Å². The van der Waals surface area contributed by atoms with Gasteiger partial charge in [-0.3, -0.25) is 0 Å². The van der Waals surface area contributed by atoms with Crippen LogP contribution in [0.1, 0.15) is 48.5 Å². The Morgan fingerprint density at radius 2 is 2.05 bits per heavy atom. The van der Waals surface area contributed by atoms with Crippen LogP contribution in [0, 0.1) is 12.3 Å². The van der Waals surface area contributed by atoms with Crippen LogP contribution >= 0.6 is 0 Å². The van der Waals surface area contributed by atoms with Crippen LogP contribution in [0.15, 0.2) is 18.2 Å². The lowest BCUT2D eigenvalue weighted by molar-refractivity contribution is 0.0697. The standard InChI is InChI=1S/C16H22N2O3/c1-3-16(8-5-9-16)10-17-15(21)18-12-7-4-6-11(2)13(12)14(19)20/h4,6-7H,3,5,8-10H2,1-2H3,(H,19,20)(H2,17,18,21). The first kappa shape index (κ1) is 15.4. The summed E-state index contributed by atoms with van der Waals surface area (Å²) in [7, 11) is 0. The summed E-state index contributed by atoms with van der Waals surface area (Å²) in [6.45, 7) is 4.50. The highest BCUT2D eigenvalue weighted by Gasteiger charge is 2.35. The summed E-state index contributed by atoms with van der Waals surface area (Å²) in [5, 5.41) is 14.7. The van der Waals surface area contributed by atoms with Gasteiger partial charge in [-0.15, -0.1) is 0 Å². The van der Waals surface area contributed by atoms with Gasteiger partial charge in [0.2, 0.25) is 0 Å². The number of benzene rings is 1. The average Bonchev–Trinajstić information content (AvgIpc) is 2.37. The molecule has 21 heavy (non-hydrogen) atoms. The number of amides is 2. The highest BCUT2D eigenvalue weighted by Crippen LogP contribution is 2.43. The van der Waals surface area contributed by atoms with Crippen LogP contribution in [0.5, 0.6) is 0 Å². The van der Waals surface area contributed by atoms with Gasteiger partial charge in [0.15, 0.2) is 0 Å². The monoisotopic (exact) mass is 290 g/mol. The minimum Gasteiger partial charge on any atom is -0.478 e. The zero-order chi connectivity index (χ0) is 15.5. The van der Waals surface area contributed by atoms with Crippen molar-refractivity contribution < 1.29 is 14.7 Å². The summed E-state index contributed by atoms with van der Waals surface area (Å²) in [6, 6.07) is 4.71. The van der Waals surface area contributed by atoms with Crippen molar-refractivity contribution in [2.45, 2.75) is 39.5 Å². The summed E-state index contributed by atoms with van der Waals surface area (Å²) < 4.78 is 0. The largest absolute Gasteiger partial charge is 0.478 e. The van der Waals surface area contributed by atoms with E-state index in [0.29, 0.717) is 17.8 Å². The van der Waals surface area contributed by atoms with Crippen molar-refractivity contribution in [3.05, 3.63) is 29.3 Å². The van der Waals surface area contributed by atoms with Crippen LogP contribution in [-0.4, -0.2) is 23.7 Å². The minimum atomic E-state index is -1.03. The second kappa shape index (κ2) is 6.16. The topological polar surface area (TPSA) is 78.4 Å². The summed E-state index contributed by atoms with van der Waals surface area (Å²) in [5.41, 5.74) is 1.34. The number of aromatic carboxylic acids is 1. The molecule has 0 aliphatic heterocycles. The Morgan fingerprint density at radius 1 is 1.33 bits per heavy atom.